The predicted octanol–water partition coefficient (Wildman–Crippen LogP) is 3.77. The van der Waals surface area contributed by atoms with Crippen molar-refractivity contribution in [2.24, 2.45) is 0 Å². The van der Waals surface area contributed by atoms with E-state index in [4.69, 9.17) is 0 Å². The molecule has 0 spiro atoms. The van der Waals surface area contributed by atoms with Crippen molar-refractivity contribution >= 4 is 43.6 Å². The van der Waals surface area contributed by atoms with E-state index in [0.717, 1.165) is 27.9 Å². The smallest absolute Gasteiger partial charge is 0.308 e. The SMILES string of the molecule is O=[N+]([O-])c1cc(CNCc2cc(Br)cs2)cs1. The van der Waals surface area contributed by atoms with E-state index in [-0.39, 0.29) is 9.92 Å². The second-order valence-electron chi connectivity index (χ2n) is 3.39. The first kappa shape index (κ1) is 12.7. The summed E-state index contributed by atoms with van der Waals surface area (Å²) in [6.07, 6.45) is 0. The number of rotatable bonds is 5. The Kier molecular flexibility index (Phi) is 4.27. The molecule has 1 N–H and O–H groups in total. The maximum atomic E-state index is 10.5. The lowest BCUT2D eigenvalue weighted by atomic mass is 10.3. The predicted molar refractivity (Wildman–Crippen MR) is 73.5 cm³/mol. The lowest BCUT2D eigenvalue weighted by Crippen LogP contribution is -2.10. The van der Waals surface area contributed by atoms with Gasteiger partial charge < -0.3 is 5.32 Å². The number of hydrogen-bond acceptors (Lipinski definition) is 5. The molecule has 90 valence electrons. The van der Waals surface area contributed by atoms with Gasteiger partial charge in [-0.3, -0.25) is 10.1 Å². The van der Waals surface area contributed by atoms with Gasteiger partial charge in [0.05, 0.1) is 4.92 Å². The first-order valence-corrected chi connectivity index (χ1v) is 7.36. The molecule has 2 aromatic heterocycles. The van der Waals surface area contributed by atoms with Gasteiger partial charge in [0.15, 0.2) is 0 Å². The molecule has 0 unspecified atom stereocenters. The molecule has 0 fully saturated rings. The lowest BCUT2D eigenvalue weighted by Gasteiger charge is -1.99. The van der Waals surface area contributed by atoms with Crippen molar-refractivity contribution in [2.45, 2.75) is 13.1 Å². The van der Waals surface area contributed by atoms with Crippen LogP contribution in [0.3, 0.4) is 0 Å². The molecule has 0 saturated carbocycles. The third kappa shape index (κ3) is 3.60. The first-order valence-electron chi connectivity index (χ1n) is 4.80. The van der Waals surface area contributed by atoms with Gasteiger partial charge in [-0.15, -0.1) is 11.3 Å². The van der Waals surface area contributed by atoms with Crippen LogP contribution in [0.5, 0.6) is 0 Å². The Bertz CT molecular complexity index is 524. The summed E-state index contributed by atoms with van der Waals surface area (Å²) in [5, 5.41) is 17.8. The van der Waals surface area contributed by atoms with Gasteiger partial charge in [-0.05, 0) is 27.6 Å². The Hall–Kier alpha value is -0.760. The van der Waals surface area contributed by atoms with E-state index in [0.29, 0.717) is 6.54 Å². The summed E-state index contributed by atoms with van der Waals surface area (Å²) in [5.41, 5.74) is 0.956. The molecule has 0 bridgehead atoms. The molecular formula is C10H9BrN2O2S2. The zero-order valence-electron chi connectivity index (χ0n) is 8.68. The van der Waals surface area contributed by atoms with E-state index >= 15 is 0 Å². The van der Waals surface area contributed by atoms with Crippen LogP contribution in [0.1, 0.15) is 10.4 Å². The van der Waals surface area contributed by atoms with Gasteiger partial charge in [-0.25, -0.2) is 0 Å². The molecule has 2 aromatic rings. The lowest BCUT2D eigenvalue weighted by molar-refractivity contribution is -0.380. The van der Waals surface area contributed by atoms with Crippen molar-refractivity contribution in [3.05, 3.63) is 47.9 Å². The topological polar surface area (TPSA) is 55.2 Å². The number of nitrogens with zero attached hydrogens (tertiary/aromatic N) is 1. The van der Waals surface area contributed by atoms with Crippen LogP contribution in [0.2, 0.25) is 0 Å². The Morgan fingerprint density at radius 2 is 2.12 bits per heavy atom. The summed E-state index contributed by atoms with van der Waals surface area (Å²) in [4.78, 5) is 11.4. The summed E-state index contributed by atoms with van der Waals surface area (Å²) in [6, 6.07) is 3.68. The molecular weight excluding hydrogens is 324 g/mol. The highest BCUT2D eigenvalue weighted by molar-refractivity contribution is 9.10. The fraction of sp³-hybridized carbons (Fsp3) is 0.200. The van der Waals surface area contributed by atoms with Crippen LogP contribution in [-0.2, 0) is 13.1 Å². The van der Waals surface area contributed by atoms with E-state index in [1.165, 1.54) is 4.88 Å². The van der Waals surface area contributed by atoms with E-state index in [9.17, 15) is 10.1 Å². The Labute approximate surface area is 115 Å². The van der Waals surface area contributed by atoms with Crippen LogP contribution in [0, 0.1) is 10.1 Å². The van der Waals surface area contributed by atoms with Crippen LogP contribution in [0.25, 0.3) is 0 Å². The van der Waals surface area contributed by atoms with E-state index < -0.39 is 0 Å². The third-order valence-corrected chi connectivity index (χ3v) is 4.70. The van der Waals surface area contributed by atoms with E-state index in [1.807, 2.05) is 10.8 Å². The molecule has 0 aromatic carbocycles. The zero-order chi connectivity index (χ0) is 12.3. The highest BCUT2D eigenvalue weighted by Gasteiger charge is 2.09. The molecule has 0 aliphatic carbocycles. The minimum Gasteiger partial charge on any atom is -0.308 e. The quantitative estimate of drug-likeness (QED) is 0.669. The highest BCUT2D eigenvalue weighted by Crippen LogP contribution is 2.23. The van der Waals surface area contributed by atoms with Gasteiger partial charge in [-0.2, -0.15) is 0 Å². The summed E-state index contributed by atoms with van der Waals surface area (Å²) in [7, 11) is 0. The second-order valence-corrected chi connectivity index (χ2v) is 6.19. The van der Waals surface area contributed by atoms with Gasteiger partial charge >= 0.3 is 5.00 Å². The summed E-state index contributed by atoms with van der Waals surface area (Å²) >= 11 is 6.24. The number of halogens is 1. The standard InChI is InChI=1S/C10H9BrN2O2S2/c11-8-2-9(16-6-8)4-12-3-7-1-10(13(14)15)17-5-7/h1-2,5-6,12H,3-4H2. The number of nitro groups is 1. The van der Waals surface area contributed by atoms with Gasteiger partial charge in [0, 0.05) is 39.3 Å². The highest BCUT2D eigenvalue weighted by atomic mass is 79.9. The van der Waals surface area contributed by atoms with Crippen molar-refractivity contribution in [3.8, 4) is 0 Å². The molecule has 7 heteroatoms. The average Bonchev–Trinajstić information content (AvgIpc) is 2.88. The molecule has 0 aliphatic heterocycles. The van der Waals surface area contributed by atoms with Crippen molar-refractivity contribution in [1.82, 2.24) is 5.32 Å². The third-order valence-electron chi connectivity index (χ3n) is 2.07. The molecule has 0 aliphatic rings. The van der Waals surface area contributed by atoms with Gasteiger partial charge in [0.1, 0.15) is 0 Å². The number of thiophene rings is 2. The number of hydrogen-bond donors (Lipinski definition) is 1. The van der Waals surface area contributed by atoms with Crippen molar-refractivity contribution in [2.75, 3.05) is 0 Å². The Morgan fingerprint density at radius 1 is 1.29 bits per heavy atom. The fourth-order valence-corrected chi connectivity index (χ4v) is 3.48. The largest absolute Gasteiger partial charge is 0.324 e. The van der Waals surface area contributed by atoms with Crippen LogP contribution < -0.4 is 5.32 Å². The molecule has 17 heavy (non-hydrogen) atoms. The monoisotopic (exact) mass is 332 g/mol. The maximum absolute atomic E-state index is 10.5. The molecule has 4 nitrogen and oxygen atoms in total. The Morgan fingerprint density at radius 3 is 2.71 bits per heavy atom. The van der Waals surface area contributed by atoms with E-state index in [1.54, 1.807) is 17.4 Å². The van der Waals surface area contributed by atoms with Crippen molar-refractivity contribution < 1.29 is 4.92 Å². The van der Waals surface area contributed by atoms with Crippen LogP contribution in [0.4, 0.5) is 5.00 Å². The maximum Gasteiger partial charge on any atom is 0.324 e. The fourth-order valence-electron chi connectivity index (χ4n) is 1.33. The van der Waals surface area contributed by atoms with Crippen LogP contribution in [0.15, 0.2) is 27.4 Å². The summed E-state index contributed by atoms with van der Waals surface area (Å²) in [6.45, 7) is 1.43. The zero-order valence-corrected chi connectivity index (χ0v) is 11.9. The summed E-state index contributed by atoms with van der Waals surface area (Å²) < 4.78 is 1.09. The van der Waals surface area contributed by atoms with Crippen molar-refractivity contribution in [1.29, 1.82) is 0 Å². The van der Waals surface area contributed by atoms with Gasteiger partial charge in [0.2, 0.25) is 0 Å². The minimum absolute atomic E-state index is 0.195. The van der Waals surface area contributed by atoms with E-state index in [2.05, 4.69) is 27.3 Å². The average molecular weight is 333 g/mol. The van der Waals surface area contributed by atoms with Crippen molar-refractivity contribution in [3.63, 3.8) is 0 Å². The second kappa shape index (κ2) is 5.72. The first-order chi connectivity index (χ1) is 8.15. The molecule has 0 radical (unpaired) electrons. The minimum atomic E-state index is -0.357. The van der Waals surface area contributed by atoms with Gasteiger partial charge in [-0.1, -0.05) is 11.3 Å². The molecule has 0 amide bonds. The molecule has 2 heterocycles. The molecule has 0 saturated heterocycles. The van der Waals surface area contributed by atoms with Crippen LogP contribution in [-0.4, -0.2) is 4.92 Å². The Balaban J connectivity index is 1.83. The van der Waals surface area contributed by atoms with Crippen LogP contribution >= 0.6 is 38.6 Å². The van der Waals surface area contributed by atoms with Gasteiger partial charge in [0.25, 0.3) is 0 Å². The number of nitrogens with one attached hydrogen (secondary N) is 1. The summed E-state index contributed by atoms with van der Waals surface area (Å²) in [5.74, 6) is 0. The normalized spacial score (nSPS) is 10.6. The molecule has 2 rings (SSSR count). The molecule has 0 atom stereocenters.